The Kier molecular flexibility index (Phi) is 4.07. The van der Waals surface area contributed by atoms with Crippen LogP contribution in [0.15, 0.2) is 59.5 Å². The molecule has 3 aromatic carbocycles. The Morgan fingerprint density at radius 2 is 1.64 bits per heavy atom. The van der Waals surface area contributed by atoms with Gasteiger partial charge in [0.15, 0.2) is 0 Å². The number of benzene rings is 3. The lowest BCUT2D eigenvalue weighted by molar-refractivity contribution is 0.102. The third-order valence-electron chi connectivity index (χ3n) is 3.66. The summed E-state index contributed by atoms with van der Waals surface area (Å²) in [4.78, 5) is 11.6. The van der Waals surface area contributed by atoms with Crippen molar-refractivity contribution in [2.24, 2.45) is 0 Å². The molecule has 0 aliphatic carbocycles. The fraction of sp³-hybridized carbons (Fsp3) is 0. The molecule has 0 atom stereocenters. The van der Waals surface area contributed by atoms with Crippen LogP contribution in [0.5, 0.6) is 5.75 Å². The van der Waals surface area contributed by atoms with E-state index in [2.05, 4.69) is 5.32 Å². The number of nitrogen functional groups attached to an aromatic ring is 1. The first-order chi connectivity index (χ1) is 11.8. The minimum Gasteiger partial charge on any atom is -0.506 e. The zero-order valence-electron chi connectivity index (χ0n) is 12.8. The number of phenolic OH excluding ortho intramolecular Hbond substituents is 1. The number of amides is 1. The highest BCUT2D eigenvalue weighted by Gasteiger charge is 2.18. The van der Waals surface area contributed by atoms with Crippen molar-refractivity contribution in [3.05, 3.63) is 60.2 Å². The van der Waals surface area contributed by atoms with Gasteiger partial charge >= 0.3 is 0 Å². The molecule has 0 aliphatic rings. The number of carbonyl (C=O) groups excluding carboxylic acids is 1. The van der Waals surface area contributed by atoms with Gasteiger partial charge in [-0.15, -0.1) is 0 Å². The number of rotatable bonds is 3. The first-order valence-corrected chi connectivity index (χ1v) is 8.60. The Morgan fingerprint density at radius 3 is 2.28 bits per heavy atom. The molecular weight excluding hydrogens is 344 g/mol. The summed E-state index contributed by atoms with van der Waals surface area (Å²) in [5, 5.41) is 13.5. The molecule has 1 amide bonds. The second kappa shape index (κ2) is 6.08. The average Bonchev–Trinajstić information content (AvgIpc) is 2.55. The third kappa shape index (κ3) is 3.39. The molecule has 0 fully saturated rings. The van der Waals surface area contributed by atoms with Crippen molar-refractivity contribution in [1.29, 1.82) is 0 Å². The number of hydrogen-bond donors (Lipinski definition) is 4. The van der Waals surface area contributed by atoms with Gasteiger partial charge in [0.05, 0.1) is 0 Å². The molecule has 0 saturated carbocycles. The summed E-state index contributed by atoms with van der Waals surface area (Å²) in [5.41, 5.74) is 6.86. The van der Waals surface area contributed by atoms with Gasteiger partial charge in [-0.1, -0.05) is 12.1 Å². The minimum atomic E-state index is -4.56. The van der Waals surface area contributed by atoms with E-state index in [1.807, 2.05) is 0 Å². The van der Waals surface area contributed by atoms with Crippen LogP contribution in [0.2, 0.25) is 0 Å². The van der Waals surface area contributed by atoms with Crippen LogP contribution in [0.1, 0.15) is 10.4 Å². The van der Waals surface area contributed by atoms with Crippen molar-refractivity contribution >= 4 is 38.2 Å². The molecule has 0 unspecified atom stereocenters. The quantitative estimate of drug-likeness (QED) is 0.421. The number of aromatic hydroxyl groups is 1. The lowest BCUT2D eigenvalue weighted by Crippen LogP contribution is -2.11. The number of hydrogen-bond acceptors (Lipinski definition) is 5. The molecule has 0 spiro atoms. The van der Waals surface area contributed by atoms with Gasteiger partial charge < -0.3 is 16.2 Å². The normalized spacial score (nSPS) is 11.4. The van der Waals surface area contributed by atoms with E-state index in [4.69, 9.17) is 10.3 Å². The maximum Gasteiger partial charge on any atom is 0.298 e. The van der Waals surface area contributed by atoms with Gasteiger partial charge in [0.1, 0.15) is 10.6 Å². The zero-order valence-corrected chi connectivity index (χ0v) is 13.6. The van der Waals surface area contributed by atoms with Crippen LogP contribution in [0.3, 0.4) is 0 Å². The number of nitrogens with two attached hydrogens (primary N) is 1. The maximum atomic E-state index is 12.2. The molecule has 0 saturated heterocycles. The van der Waals surface area contributed by atoms with Crippen molar-refractivity contribution in [3.8, 4) is 5.75 Å². The van der Waals surface area contributed by atoms with Gasteiger partial charge in [-0.25, -0.2) is 0 Å². The molecule has 128 valence electrons. The smallest absolute Gasteiger partial charge is 0.298 e. The molecule has 0 radical (unpaired) electrons. The Hall–Kier alpha value is -3.10. The molecule has 0 heterocycles. The van der Waals surface area contributed by atoms with Crippen LogP contribution in [0.25, 0.3) is 10.8 Å². The van der Waals surface area contributed by atoms with Crippen LogP contribution >= 0.6 is 0 Å². The molecule has 3 rings (SSSR count). The minimum absolute atomic E-state index is 0.185. The van der Waals surface area contributed by atoms with E-state index in [0.717, 1.165) is 6.07 Å². The van der Waals surface area contributed by atoms with Gasteiger partial charge in [-0.05, 0) is 47.9 Å². The first kappa shape index (κ1) is 16.7. The Labute approximate surface area is 143 Å². The molecule has 0 aliphatic heterocycles. The molecule has 25 heavy (non-hydrogen) atoms. The van der Waals surface area contributed by atoms with E-state index in [1.54, 1.807) is 36.4 Å². The highest BCUT2D eigenvalue weighted by molar-refractivity contribution is 7.86. The zero-order chi connectivity index (χ0) is 18.2. The standard InChI is InChI=1S/C17H14N2O5S/c18-12-5-1-11(2-6-12)17(21)19-13-7-3-10-4-8-15(25(22,23)24)16(20)14(10)9-13/h1-9,20H,18H2,(H,19,21)(H,22,23,24). The molecular formula is C17H14N2O5S. The lowest BCUT2D eigenvalue weighted by atomic mass is 10.1. The summed E-state index contributed by atoms with van der Waals surface area (Å²) in [6.45, 7) is 0. The Morgan fingerprint density at radius 1 is 1.00 bits per heavy atom. The Balaban J connectivity index is 1.99. The highest BCUT2D eigenvalue weighted by atomic mass is 32.2. The number of nitrogens with one attached hydrogen (secondary N) is 1. The summed E-state index contributed by atoms with van der Waals surface area (Å²) in [7, 11) is -4.56. The van der Waals surface area contributed by atoms with Crippen LogP contribution < -0.4 is 11.1 Å². The van der Waals surface area contributed by atoms with Crippen molar-refractivity contribution in [3.63, 3.8) is 0 Å². The van der Waals surface area contributed by atoms with Crippen LogP contribution in [-0.4, -0.2) is 24.0 Å². The summed E-state index contributed by atoms with van der Waals surface area (Å²) < 4.78 is 31.7. The molecule has 0 bridgehead atoms. The predicted octanol–water partition coefficient (Wildman–Crippen LogP) is 2.63. The molecule has 5 N–H and O–H groups in total. The number of fused-ring (bicyclic) bond motifs is 1. The van der Waals surface area contributed by atoms with Gasteiger partial charge in [0, 0.05) is 22.3 Å². The van der Waals surface area contributed by atoms with Crippen LogP contribution in [0, 0.1) is 0 Å². The van der Waals surface area contributed by atoms with Gasteiger partial charge in [-0.3, -0.25) is 9.35 Å². The number of phenols is 1. The van der Waals surface area contributed by atoms with Gasteiger partial charge in [0.25, 0.3) is 16.0 Å². The van der Waals surface area contributed by atoms with E-state index in [-0.39, 0.29) is 11.3 Å². The van der Waals surface area contributed by atoms with E-state index < -0.39 is 20.8 Å². The van der Waals surface area contributed by atoms with E-state index in [1.165, 1.54) is 12.1 Å². The predicted molar refractivity (Wildman–Crippen MR) is 94.2 cm³/mol. The fourth-order valence-corrected chi connectivity index (χ4v) is 3.00. The van der Waals surface area contributed by atoms with Crippen LogP contribution in [-0.2, 0) is 10.1 Å². The lowest BCUT2D eigenvalue weighted by Gasteiger charge is -2.09. The fourth-order valence-electron chi connectivity index (χ4n) is 2.41. The monoisotopic (exact) mass is 358 g/mol. The maximum absolute atomic E-state index is 12.2. The van der Waals surface area contributed by atoms with Gasteiger partial charge in [-0.2, -0.15) is 8.42 Å². The van der Waals surface area contributed by atoms with Crippen molar-refractivity contribution in [2.45, 2.75) is 4.90 Å². The summed E-state index contributed by atoms with van der Waals surface area (Å²) in [6, 6.07) is 13.5. The topological polar surface area (TPSA) is 130 Å². The molecule has 0 aromatic heterocycles. The number of anilines is 2. The van der Waals surface area contributed by atoms with Crippen LogP contribution in [0.4, 0.5) is 11.4 Å². The summed E-state index contributed by atoms with van der Waals surface area (Å²) >= 11 is 0. The summed E-state index contributed by atoms with van der Waals surface area (Å²) in [6.07, 6.45) is 0. The second-order valence-electron chi connectivity index (χ2n) is 5.40. The summed E-state index contributed by atoms with van der Waals surface area (Å²) in [5.74, 6) is -0.964. The second-order valence-corrected chi connectivity index (χ2v) is 6.79. The van der Waals surface area contributed by atoms with E-state index in [0.29, 0.717) is 22.3 Å². The average molecular weight is 358 g/mol. The number of carbonyl (C=O) groups is 1. The SMILES string of the molecule is Nc1ccc(C(=O)Nc2ccc3ccc(S(=O)(=O)O)c(O)c3c2)cc1. The molecule has 7 nitrogen and oxygen atoms in total. The highest BCUT2D eigenvalue weighted by Crippen LogP contribution is 2.33. The molecule has 3 aromatic rings. The third-order valence-corrected chi connectivity index (χ3v) is 4.55. The van der Waals surface area contributed by atoms with Crippen molar-refractivity contribution < 1.29 is 22.9 Å². The van der Waals surface area contributed by atoms with E-state index in [9.17, 15) is 18.3 Å². The Bertz CT molecular complexity index is 1080. The van der Waals surface area contributed by atoms with Crippen molar-refractivity contribution in [2.75, 3.05) is 11.1 Å². The van der Waals surface area contributed by atoms with Gasteiger partial charge in [0.2, 0.25) is 0 Å². The molecule has 8 heteroatoms. The first-order valence-electron chi connectivity index (χ1n) is 7.16. The largest absolute Gasteiger partial charge is 0.506 e. The van der Waals surface area contributed by atoms with Crippen molar-refractivity contribution in [1.82, 2.24) is 0 Å². The van der Waals surface area contributed by atoms with E-state index >= 15 is 0 Å².